The number of benzene rings is 1. The molecule has 0 bridgehead atoms. The monoisotopic (exact) mass is 260 g/mol. The van der Waals surface area contributed by atoms with Gasteiger partial charge in [0.1, 0.15) is 0 Å². The summed E-state index contributed by atoms with van der Waals surface area (Å²) < 4.78 is 0. The van der Waals surface area contributed by atoms with Gasteiger partial charge in [0.2, 0.25) is 5.91 Å². The van der Waals surface area contributed by atoms with Gasteiger partial charge in [-0.15, -0.1) is 0 Å². The molecule has 1 amide bonds. The number of carbonyl (C=O) groups excluding carboxylic acids is 1. The van der Waals surface area contributed by atoms with Crippen molar-refractivity contribution in [3.8, 4) is 0 Å². The Kier molecular flexibility index (Phi) is 4.59. The lowest BCUT2D eigenvalue weighted by atomic mass is 9.97. The molecule has 1 aliphatic rings. The van der Waals surface area contributed by atoms with E-state index in [1.807, 2.05) is 18.2 Å². The van der Waals surface area contributed by atoms with Gasteiger partial charge in [-0.05, 0) is 38.2 Å². The molecule has 1 aromatic carbocycles. The minimum absolute atomic E-state index is 0.0329. The van der Waals surface area contributed by atoms with Crippen LogP contribution in [-0.4, -0.2) is 17.5 Å². The summed E-state index contributed by atoms with van der Waals surface area (Å²) in [6.07, 6.45) is 5.73. The van der Waals surface area contributed by atoms with Gasteiger partial charge in [-0.3, -0.25) is 4.79 Å². The number of aryl methyl sites for hydroxylation is 1. The molecule has 0 saturated heterocycles. The molecule has 0 heterocycles. The Morgan fingerprint density at radius 2 is 1.95 bits per heavy atom. The van der Waals surface area contributed by atoms with Crippen LogP contribution in [0.2, 0.25) is 0 Å². The number of nitrogens with one attached hydrogen (secondary N) is 1. The van der Waals surface area contributed by atoms with Crippen molar-refractivity contribution in [1.82, 2.24) is 5.32 Å². The topological polar surface area (TPSA) is 55.1 Å². The fourth-order valence-electron chi connectivity index (χ4n) is 2.70. The van der Waals surface area contributed by atoms with Crippen molar-refractivity contribution in [2.24, 2.45) is 5.73 Å². The smallest absolute Gasteiger partial charge is 0.240 e. The Labute approximate surface area is 115 Å². The third-order valence-corrected chi connectivity index (χ3v) is 4.03. The number of hydrogen-bond donors (Lipinski definition) is 2. The van der Waals surface area contributed by atoms with Crippen LogP contribution in [0.25, 0.3) is 0 Å². The highest BCUT2D eigenvalue weighted by Crippen LogP contribution is 2.27. The molecule has 3 N–H and O–H groups in total. The Balaban J connectivity index is 1.78. The molecule has 1 aliphatic carbocycles. The maximum Gasteiger partial charge on any atom is 0.240 e. The molecule has 104 valence electrons. The van der Waals surface area contributed by atoms with Crippen molar-refractivity contribution in [1.29, 1.82) is 0 Å². The highest BCUT2D eigenvalue weighted by atomic mass is 16.2. The van der Waals surface area contributed by atoms with Gasteiger partial charge in [-0.1, -0.05) is 43.2 Å². The summed E-state index contributed by atoms with van der Waals surface area (Å²) in [4.78, 5) is 12.2. The fourth-order valence-corrected chi connectivity index (χ4v) is 2.70. The molecule has 1 aromatic rings. The van der Waals surface area contributed by atoms with Crippen molar-refractivity contribution < 1.29 is 4.79 Å². The third kappa shape index (κ3) is 3.80. The van der Waals surface area contributed by atoms with Gasteiger partial charge in [-0.2, -0.15) is 0 Å². The normalized spacial score (nSPS) is 19.1. The maximum atomic E-state index is 12.2. The molecule has 3 heteroatoms. The lowest BCUT2D eigenvalue weighted by Crippen LogP contribution is -2.54. The Morgan fingerprint density at radius 3 is 2.58 bits per heavy atom. The zero-order valence-corrected chi connectivity index (χ0v) is 11.7. The van der Waals surface area contributed by atoms with Gasteiger partial charge in [0.25, 0.3) is 0 Å². The average molecular weight is 260 g/mol. The molecule has 1 fully saturated rings. The fraction of sp³-hybridized carbons (Fsp3) is 0.562. The number of hydrogen-bond acceptors (Lipinski definition) is 2. The van der Waals surface area contributed by atoms with Crippen LogP contribution in [0.4, 0.5) is 0 Å². The standard InChI is InChI=1S/C16H24N2O/c1-13(9-10-14-7-3-2-4-8-14)18-15(19)16(17)11-5-6-12-16/h2-4,7-8,13H,5-6,9-12,17H2,1H3,(H,18,19). The first kappa shape index (κ1) is 14.1. The molecule has 0 aliphatic heterocycles. The van der Waals surface area contributed by atoms with Crippen molar-refractivity contribution >= 4 is 5.91 Å². The minimum atomic E-state index is -0.610. The van der Waals surface area contributed by atoms with E-state index >= 15 is 0 Å². The van der Waals surface area contributed by atoms with Gasteiger partial charge in [-0.25, -0.2) is 0 Å². The van der Waals surface area contributed by atoms with E-state index in [9.17, 15) is 4.79 Å². The van der Waals surface area contributed by atoms with Crippen LogP contribution in [0.3, 0.4) is 0 Å². The summed E-state index contributed by atoms with van der Waals surface area (Å²) in [6.45, 7) is 2.05. The third-order valence-electron chi connectivity index (χ3n) is 4.03. The summed E-state index contributed by atoms with van der Waals surface area (Å²) in [5.41, 5.74) is 6.85. The van der Waals surface area contributed by atoms with E-state index in [4.69, 9.17) is 5.73 Å². The first-order valence-corrected chi connectivity index (χ1v) is 7.24. The predicted octanol–water partition coefficient (Wildman–Crippen LogP) is 2.40. The second-order valence-corrected chi connectivity index (χ2v) is 5.76. The molecule has 1 atom stereocenters. The number of nitrogens with two attached hydrogens (primary N) is 1. The van der Waals surface area contributed by atoms with Gasteiger partial charge in [0, 0.05) is 6.04 Å². The number of carbonyl (C=O) groups is 1. The van der Waals surface area contributed by atoms with Gasteiger partial charge < -0.3 is 11.1 Å². The average Bonchev–Trinajstić information content (AvgIpc) is 2.86. The predicted molar refractivity (Wildman–Crippen MR) is 77.8 cm³/mol. The SMILES string of the molecule is CC(CCc1ccccc1)NC(=O)C1(N)CCCC1. The highest BCUT2D eigenvalue weighted by molar-refractivity contribution is 5.86. The first-order valence-electron chi connectivity index (χ1n) is 7.24. The molecule has 1 unspecified atom stereocenters. The lowest BCUT2D eigenvalue weighted by molar-refractivity contribution is -0.126. The molecule has 0 radical (unpaired) electrons. The molecule has 1 saturated carbocycles. The number of amides is 1. The summed E-state index contributed by atoms with van der Waals surface area (Å²) in [7, 11) is 0. The molecule has 3 nitrogen and oxygen atoms in total. The van der Waals surface area contributed by atoms with Crippen LogP contribution in [0.15, 0.2) is 30.3 Å². The zero-order valence-electron chi connectivity index (χ0n) is 11.7. The van der Waals surface area contributed by atoms with Crippen LogP contribution in [0.5, 0.6) is 0 Å². The van der Waals surface area contributed by atoms with Gasteiger partial charge >= 0.3 is 0 Å². The van der Waals surface area contributed by atoms with E-state index in [0.717, 1.165) is 38.5 Å². The van der Waals surface area contributed by atoms with E-state index < -0.39 is 5.54 Å². The van der Waals surface area contributed by atoms with Crippen molar-refractivity contribution in [2.45, 2.75) is 57.0 Å². The highest BCUT2D eigenvalue weighted by Gasteiger charge is 2.37. The molecular weight excluding hydrogens is 236 g/mol. The Bertz CT molecular complexity index is 410. The molecule has 19 heavy (non-hydrogen) atoms. The summed E-state index contributed by atoms with van der Waals surface area (Å²) >= 11 is 0. The first-order chi connectivity index (χ1) is 9.10. The second-order valence-electron chi connectivity index (χ2n) is 5.76. The van der Waals surface area contributed by atoms with Gasteiger partial charge in [0.15, 0.2) is 0 Å². The Morgan fingerprint density at radius 1 is 1.32 bits per heavy atom. The summed E-state index contributed by atoms with van der Waals surface area (Å²) in [6, 6.07) is 10.5. The Hall–Kier alpha value is -1.35. The van der Waals surface area contributed by atoms with E-state index in [-0.39, 0.29) is 11.9 Å². The van der Waals surface area contributed by atoms with E-state index in [1.54, 1.807) is 0 Å². The van der Waals surface area contributed by atoms with Crippen molar-refractivity contribution in [3.05, 3.63) is 35.9 Å². The molecule has 2 rings (SSSR count). The van der Waals surface area contributed by atoms with Crippen LogP contribution < -0.4 is 11.1 Å². The lowest BCUT2D eigenvalue weighted by Gasteiger charge is -2.25. The van der Waals surface area contributed by atoms with Crippen LogP contribution in [0.1, 0.15) is 44.6 Å². The van der Waals surface area contributed by atoms with Crippen LogP contribution >= 0.6 is 0 Å². The quantitative estimate of drug-likeness (QED) is 0.854. The summed E-state index contributed by atoms with van der Waals surface area (Å²) in [5, 5.41) is 3.07. The second kappa shape index (κ2) is 6.20. The zero-order chi connectivity index (χ0) is 13.7. The largest absolute Gasteiger partial charge is 0.352 e. The van der Waals surface area contributed by atoms with Gasteiger partial charge in [0.05, 0.1) is 5.54 Å². The van der Waals surface area contributed by atoms with Crippen molar-refractivity contribution in [2.75, 3.05) is 0 Å². The van der Waals surface area contributed by atoms with E-state index in [2.05, 4.69) is 24.4 Å². The van der Waals surface area contributed by atoms with Crippen molar-refractivity contribution in [3.63, 3.8) is 0 Å². The van der Waals surface area contributed by atoms with Crippen LogP contribution in [-0.2, 0) is 11.2 Å². The van der Waals surface area contributed by atoms with Crippen LogP contribution in [0, 0.1) is 0 Å². The summed E-state index contributed by atoms with van der Waals surface area (Å²) in [5.74, 6) is 0.0329. The molecule has 0 aromatic heterocycles. The minimum Gasteiger partial charge on any atom is -0.352 e. The van der Waals surface area contributed by atoms with E-state index in [0.29, 0.717) is 0 Å². The van der Waals surface area contributed by atoms with E-state index in [1.165, 1.54) is 5.56 Å². The number of rotatable bonds is 5. The maximum absolute atomic E-state index is 12.2. The molecule has 0 spiro atoms. The molecular formula is C16H24N2O.